The van der Waals surface area contributed by atoms with Gasteiger partial charge in [0.05, 0.1) is 17.6 Å². The van der Waals surface area contributed by atoms with Crippen molar-refractivity contribution >= 4 is 23.0 Å². The Morgan fingerprint density at radius 2 is 1.54 bits per heavy atom. The Morgan fingerprint density at radius 3 is 2.28 bits per heavy atom. The first-order chi connectivity index (χ1) is 19.1. The van der Waals surface area contributed by atoms with Crippen LogP contribution in [0.5, 0.6) is 0 Å². The highest BCUT2D eigenvalue weighted by atomic mass is 16.2. The minimum Gasteiger partial charge on any atom is -0.331 e. The van der Waals surface area contributed by atoms with Gasteiger partial charge in [-0.1, -0.05) is 87.0 Å². The first-order valence-electron chi connectivity index (χ1n) is 14.3. The molecule has 0 atom stereocenters. The number of hydrogen-bond donors (Lipinski definition) is 0. The van der Waals surface area contributed by atoms with E-state index in [1.165, 1.54) is 43.5 Å². The van der Waals surface area contributed by atoms with E-state index < -0.39 is 0 Å². The van der Waals surface area contributed by atoms with Crippen LogP contribution in [0.15, 0.2) is 84.9 Å². The van der Waals surface area contributed by atoms with Gasteiger partial charge in [0.25, 0.3) is 0 Å². The third-order valence-corrected chi connectivity index (χ3v) is 7.47. The molecule has 1 aliphatic heterocycles. The summed E-state index contributed by atoms with van der Waals surface area (Å²) in [5, 5.41) is 0. The Bertz CT molecular complexity index is 1400. The van der Waals surface area contributed by atoms with Crippen LogP contribution in [0.3, 0.4) is 0 Å². The van der Waals surface area contributed by atoms with E-state index in [1.807, 2.05) is 47.4 Å². The molecule has 5 nitrogen and oxygen atoms in total. The summed E-state index contributed by atoms with van der Waals surface area (Å²) >= 11 is 0. The summed E-state index contributed by atoms with van der Waals surface area (Å²) in [5.41, 5.74) is 5.80. The van der Waals surface area contributed by atoms with Gasteiger partial charge in [-0.05, 0) is 66.7 Å². The minimum absolute atomic E-state index is 0.0108. The number of hydrogen-bond acceptors (Lipinski definition) is 3. The van der Waals surface area contributed by atoms with Crippen molar-refractivity contribution in [2.24, 2.45) is 5.92 Å². The van der Waals surface area contributed by atoms with Crippen molar-refractivity contribution in [2.45, 2.75) is 52.7 Å². The Balaban J connectivity index is 1.43. The fourth-order valence-corrected chi connectivity index (χ4v) is 5.50. The van der Waals surface area contributed by atoms with Crippen LogP contribution in [0.1, 0.15) is 55.6 Å². The zero-order valence-corrected chi connectivity index (χ0v) is 23.3. The van der Waals surface area contributed by atoms with Gasteiger partial charge in [-0.3, -0.25) is 9.69 Å². The van der Waals surface area contributed by atoms with Crippen molar-refractivity contribution < 1.29 is 4.79 Å². The molecule has 1 fully saturated rings. The molecule has 0 N–H and O–H groups in total. The maximum absolute atomic E-state index is 13.4. The molecule has 4 aromatic rings. The number of aromatic nitrogens is 2. The maximum Gasteiger partial charge on any atom is 0.246 e. The summed E-state index contributed by atoms with van der Waals surface area (Å²) in [4.78, 5) is 23.0. The first kappa shape index (κ1) is 26.9. The number of carbonyl (C=O) groups excluding carboxylic acids is 1. The van der Waals surface area contributed by atoms with E-state index >= 15 is 0 Å². The fraction of sp³-hybridized carbons (Fsp3) is 0.353. The summed E-state index contributed by atoms with van der Waals surface area (Å²) in [6.45, 7) is 9.53. The third-order valence-electron chi connectivity index (χ3n) is 7.47. The monoisotopic (exact) mass is 520 g/mol. The Labute approximate surface area is 232 Å². The highest BCUT2D eigenvalue weighted by Gasteiger charge is 2.20. The molecular weight excluding hydrogens is 480 g/mol. The number of nitrogens with zero attached hydrogens (tertiary/aromatic N) is 4. The molecule has 202 valence electrons. The molecule has 0 unspecified atom stereocenters. The molecule has 0 radical (unpaired) electrons. The lowest BCUT2D eigenvalue weighted by Gasteiger charge is -2.27. The molecule has 0 bridgehead atoms. The number of carbonyl (C=O) groups is 1. The van der Waals surface area contributed by atoms with E-state index in [0.29, 0.717) is 19.0 Å². The first-order valence-corrected chi connectivity index (χ1v) is 14.3. The van der Waals surface area contributed by atoms with Crippen LogP contribution < -0.4 is 0 Å². The van der Waals surface area contributed by atoms with Crippen LogP contribution in [-0.4, -0.2) is 44.9 Å². The van der Waals surface area contributed by atoms with Crippen molar-refractivity contribution in [3.63, 3.8) is 0 Å². The van der Waals surface area contributed by atoms with E-state index in [9.17, 15) is 4.79 Å². The van der Waals surface area contributed by atoms with E-state index in [1.54, 1.807) is 6.08 Å². The standard InChI is InChI=1S/C34H40N4O/c1-27(2)23-37(34(39)20-19-28-13-5-3-6-14-28)26-33-35-31-17-9-10-18-32(31)38(33)25-30-16-8-7-15-29(30)24-36-21-11-4-12-22-36/h3,5-10,13-20,27H,4,11-12,21-26H2,1-2H3/b20-19+. The number of imidazole rings is 1. The lowest BCUT2D eigenvalue weighted by Crippen LogP contribution is -2.33. The number of rotatable bonds is 10. The van der Waals surface area contributed by atoms with E-state index in [2.05, 4.69) is 65.8 Å². The third kappa shape index (κ3) is 7.04. The van der Waals surface area contributed by atoms with Gasteiger partial charge in [-0.2, -0.15) is 0 Å². The SMILES string of the molecule is CC(C)CN(Cc1nc2ccccc2n1Cc1ccccc1CN1CCCCC1)C(=O)/C=C/c1ccccc1. The maximum atomic E-state index is 13.4. The highest BCUT2D eigenvalue weighted by Crippen LogP contribution is 2.23. The zero-order valence-electron chi connectivity index (χ0n) is 23.3. The van der Waals surface area contributed by atoms with Crippen LogP contribution in [0.4, 0.5) is 0 Å². The van der Waals surface area contributed by atoms with Crippen LogP contribution in [0.2, 0.25) is 0 Å². The molecule has 1 aromatic heterocycles. The molecule has 0 aliphatic carbocycles. The lowest BCUT2D eigenvalue weighted by molar-refractivity contribution is -0.127. The van der Waals surface area contributed by atoms with Gasteiger partial charge in [-0.25, -0.2) is 4.98 Å². The van der Waals surface area contributed by atoms with Crippen LogP contribution >= 0.6 is 0 Å². The molecule has 1 aliphatic rings. The average molecular weight is 521 g/mol. The lowest BCUT2D eigenvalue weighted by atomic mass is 10.0. The van der Waals surface area contributed by atoms with E-state index in [0.717, 1.165) is 35.5 Å². The van der Waals surface area contributed by atoms with E-state index in [-0.39, 0.29) is 5.91 Å². The number of piperidine rings is 1. The molecular formula is C34H40N4O. The summed E-state index contributed by atoms with van der Waals surface area (Å²) in [6, 6.07) is 27.1. The summed E-state index contributed by atoms with van der Waals surface area (Å²) in [6.07, 6.45) is 7.51. The number of benzene rings is 3. The number of para-hydroxylation sites is 2. The van der Waals surface area contributed by atoms with Gasteiger partial charge in [0.2, 0.25) is 5.91 Å². The molecule has 2 heterocycles. The molecule has 1 saturated heterocycles. The predicted octanol–water partition coefficient (Wildman–Crippen LogP) is 6.77. The normalized spacial score (nSPS) is 14.4. The smallest absolute Gasteiger partial charge is 0.246 e. The second-order valence-electron chi connectivity index (χ2n) is 11.1. The zero-order chi connectivity index (χ0) is 27.0. The fourth-order valence-electron chi connectivity index (χ4n) is 5.50. The van der Waals surface area contributed by atoms with Crippen LogP contribution in [0, 0.1) is 5.92 Å². The summed E-state index contributed by atoms with van der Waals surface area (Å²) in [5.74, 6) is 1.28. The molecule has 0 spiro atoms. The molecule has 3 aromatic carbocycles. The molecule has 1 amide bonds. The van der Waals surface area contributed by atoms with Crippen LogP contribution in [0.25, 0.3) is 17.1 Å². The van der Waals surface area contributed by atoms with Gasteiger partial charge >= 0.3 is 0 Å². The molecule has 39 heavy (non-hydrogen) atoms. The number of amides is 1. The van der Waals surface area contributed by atoms with Crippen molar-refractivity contribution in [2.75, 3.05) is 19.6 Å². The van der Waals surface area contributed by atoms with Crippen LogP contribution in [-0.2, 0) is 24.4 Å². The topological polar surface area (TPSA) is 41.4 Å². The van der Waals surface area contributed by atoms with Crippen molar-refractivity contribution in [3.05, 3.63) is 107 Å². The molecule has 5 rings (SSSR count). The molecule has 0 saturated carbocycles. The van der Waals surface area contributed by atoms with Crippen molar-refractivity contribution in [3.8, 4) is 0 Å². The van der Waals surface area contributed by atoms with Gasteiger partial charge in [0.15, 0.2) is 0 Å². The van der Waals surface area contributed by atoms with Crippen molar-refractivity contribution in [1.82, 2.24) is 19.4 Å². The van der Waals surface area contributed by atoms with Gasteiger partial charge in [-0.15, -0.1) is 0 Å². The Hall–Kier alpha value is -3.70. The second-order valence-corrected chi connectivity index (χ2v) is 11.1. The number of likely N-dealkylation sites (tertiary alicyclic amines) is 1. The Kier molecular flexibility index (Phi) is 8.89. The second kappa shape index (κ2) is 12.9. The quantitative estimate of drug-likeness (QED) is 0.217. The average Bonchev–Trinajstić information content (AvgIpc) is 3.30. The summed E-state index contributed by atoms with van der Waals surface area (Å²) in [7, 11) is 0. The van der Waals surface area contributed by atoms with Gasteiger partial charge in [0.1, 0.15) is 5.82 Å². The molecule has 5 heteroatoms. The summed E-state index contributed by atoms with van der Waals surface area (Å²) < 4.78 is 2.31. The Morgan fingerprint density at radius 1 is 0.872 bits per heavy atom. The van der Waals surface area contributed by atoms with Crippen molar-refractivity contribution in [1.29, 1.82) is 0 Å². The van der Waals surface area contributed by atoms with Gasteiger partial charge < -0.3 is 9.47 Å². The predicted molar refractivity (Wildman–Crippen MR) is 160 cm³/mol. The minimum atomic E-state index is 0.0108. The van der Waals surface area contributed by atoms with E-state index in [4.69, 9.17) is 4.98 Å². The van der Waals surface area contributed by atoms with Gasteiger partial charge in [0, 0.05) is 25.7 Å². The highest BCUT2D eigenvalue weighted by molar-refractivity contribution is 5.91. The largest absolute Gasteiger partial charge is 0.331 e. The number of fused-ring (bicyclic) bond motifs is 1.